The smallest absolute Gasteiger partial charge is 0.200 e. The summed E-state index contributed by atoms with van der Waals surface area (Å²) in [7, 11) is 5.19. The largest absolute Gasteiger partial charge is 0.496 e. The Labute approximate surface area is 174 Å². The monoisotopic (exact) mass is 393 g/mol. The number of aryl methyl sites for hydroxylation is 1. The molecule has 1 atom stereocenters. The third-order valence-electron chi connectivity index (χ3n) is 5.93. The van der Waals surface area contributed by atoms with Gasteiger partial charge in [-0.2, -0.15) is 0 Å². The summed E-state index contributed by atoms with van der Waals surface area (Å²) >= 11 is 0. The van der Waals surface area contributed by atoms with Crippen molar-refractivity contribution in [1.82, 2.24) is 4.90 Å². The van der Waals surface area contributed by atoms with Gasteiger partial charge in [-0.1, -0.05) is 36.4 Å². The molecule has 154 valence electrons. The van der Waals surface area contributed by atoms with Gasteiger partial charge >= 0.3 is 0 Å². The summed E-state index contributed by atoms with van der Waals surface area (Å²) in [5.41, 5.74) is 5.95. The maximum absolute atomic E-state index is 6.18. The molecular formula is C25H31NO3. The average Bonchev–Trinajstić information content (AvgIpc) is 2.75. The molecule has 0 saturated heterocycles. The Kier molecular flexibility index (Phi) is 6.04. The molecule has 0 amide bonds. The maximum atomic E-state index is 6.18. The van der Waals surface area contributed by atoms with Crippen molar-refractivity contribution in [3.8, 4) is 5.75 Å². The molecule has 0 spiro atoms. The number of hydrogen-bond acceptors (Lipinski definition) is 4. The lowest BCUT2D eigenvalue weighted by atomic mass is 9.79. The molecule has 0 N–H and O–H groups in total. The molecule has 4 heteroatoms. The Hall–Kier alpha value is -2.72. The predicted molar refractivity (Wildman–Crippen MR) is 118 cm³/mol. The first-order chi connectivity index (χ1) is 13.9. The van der Waals surface area contributed by atoms with Crippen LogP contribution in [-0.2, 0) is 9.47 Å². The van der Waals surface area contributed by atoms with Crippen molar-refractivity contribution < 1.29 is 14.2 Å². The van der Waals surface area contributed by atoms with Gasteiger partial charge in [0, 0.05) is 13.7 Å². The van der Waals surface area contributed by atoms with E-state index in [1.807, 2.05) is 12.1 Å². The molecule has 29 heavy (non-hydrogen) atoms. The highest BCUT2D eigenvalue weighted by Crippen LogP contribution is 2.48. The summed E-state index contributed by atoms with van der Waals surface area (Å²) in [6.07, 6.45) is 0. The molecule has 3 rings (SSSR count). The van der Waals surface area contributed by atoms with Crippen LogP contribution in [0.15, 0.2) is 60.0 Å². The number of methoxy groups -OCH3 is 3. The van der Waals surface area contributed by atoms with Gasteiger partial charge in [0.05, 0.1) is 25.5 Å². The third kappa shape index (κ3) is 3.42. The van der Waals surface area contributed by atoms with E-state index in [1.165, 1.54) is 0 Å². The van der Waals surface area contributed by atoms with E-state index >= 15 is 0 Å². The van der Waals surface area contributed by atoms with Crippen molar-refractivity contribution in [1.29, 1.82) is 0 Å². The van der Waals surface area contributed by atoms with Gasteiger partial charge in [-0.15, -0.1) is 0 Å². The quantitative estimate of drug-likeness (QED) is 0.649. The summed E-state index contributed by atoms with van der Waals surface area (Å²) in [5.74, 6) is 1.68. The van der Waals surface area contributed by atoms with Gasteiger partial charge in [-0.25, -0.2) is 0 Å². The van der Waals surface area contributed by atoms with Crippen LogP contribution in [0.1, 0.15) is 37.5 Å². The molecule has 1 unspecified atom stereocenters. The topological polar surface area (TPSA) is 30.9 Å². The van der Waals surface area contributed by atoms with Crippen LogP contribution in [0.2, 0.25) is 0 Å². The molecule has 0 radical (unpaired) electrons. The molecule has 2 aromatic carbocycles. The number of rotatable bonds is 6. The zero-order valence-electron chi connectivity index (χ0n) is 18.5. The van der Waals surface area contributed by atoms with Gasteiger partial charge < -0.3 is 19.1 Å². The fourth-order valence-corrected chi connectivity index (χ4v) is 4.23. The third-order valence-corrected chi connectivity index (χ3v) is 5.93. The van der Waals surface area contributed by atoms with Crippen LogP contribution in [0.4, 0.5) is 0 Å². The average molecular weight is 394 g/mol. The van der Waals surface area contributed by atoms with E-state index in [0.717, 1.165) is 51.7 Å². The van der Waals surface area contributed by atoms with Crippen molar-refractivity contribution in [2.45, 2.75) is 33.3 Å². The number of benzene rings is 2. The van der Waals surface area contributed by atoms with E-state index in [4.69, 9.17) is 14.2 Å². The number of ether oxygens (including phenoxy) is 3. The first-order valence-corrected chi connectivity index (χ1v) is 9.96. The van der Waals surface area contributed by atoms with Crippen molar-refractivity contribution >= 4 is 11.3 Å². The Morgan fingerprint density at radius 1 is 0.897 bits per heavy atom. The van der Waals surface area contributed by atoms with E-state index in [9.17, 15) is 0 Å². The van der Waals surface area contributed by atoms with E-state index in [2.05, 4.69) is 69.0 Å². The highest BCUT2D eigenvalue weighted by Gasteiger charge is 2.43. The molecule has 1 aliphatic rings. The normalized spacial score (nSPS) is 19.6. The SMILES string of the molecule is CCN1C(OC)=C(c2ccc(OC)c(C)c2)C(C)(OC)C(C)=C1c1ccccc1. The lowest BCUT2D eigenvalue weighted by molar-refractivity contribution is 0.0748. The molecule has 4 nitrogen and oxygen atoms in total. The first-order valence-electron chi connectivity index (χ1n) is 9.96. The van der Waals surface area contributed by atoms with Crippen LogP contribution in [0.3, 0.4) is 0 Å². The van der Waals surface area contributed by atoms with Crippen molar-refractivity contribution in [3.63, 3.8) is 0 Å². The zero-order chi connectivity index (χ0) is 21.2. The molecule has 0 bridgehead atoms. The Morgan fingerprint density at radius 2 is 1.59 bits per heavy atom. The lowest BCUT2D eigenvalue weighted by Gasteiger charge is -2.44. The van der Waals surface area contributed by atoms with Gasteiger partial charge in [0.1, 0.15) is 11.4 Å². The highest BCUT2D eigenvalue weighted by molar-refractivity contribution is 5.86. The summed E-state index contributed by atoms with van der Waals surface area (Å²) < 4.78 is 17.7. The minimum atomic E-state index is -0.636. The summed E-state index contributed by atoms with van der Waals surface area (Å²) in [5, 5.41) is 0. The fourth-order valence-electron chi connectivity index (χ4n) is 4.23. The lowest BCUT2D eigenvalue weighted by Crippen LogP contribution is -2.41. The second-order valence-electron chi connectivity index (χ2n) is 7.39. The Bertz CT molecular complexity index is 946. The molecule has 0 saturated carbocycles. The predicted octanol–water partition coefficient (Wildman–Crippen LogP) is 5.49. The van der Waals surface area contributed by atoms with Gasteiger partial charge in [0.2, 0.25) is 5.88 Å². The second kappa shape index (κ2) is 8.34. The highest BCUT2D eigenvalue weighted by atomic mass is 16.5. The van der Waals surface area contributed by atoms with Gasteiger partial charge in [0.25, 0.3) is 0 Å². The van der Waals surface area contributed by atoms with E-state index < -0.39 is 5.60 Å². The van der Waals surface area contributed by atoms with Crippen LogP contribution in [0.25, 0.3) is 11.3 Å². The van der Waals surface area contributed by atoms with E-state index in [-0.39, 0.29) is 0 Å². The van der Waals surface area contributed by atoms with Gasteiger partial charge in [0.15, 0.2) is 0 Å². The van der Waals surface area contributed by atoms with Gasteiger partial charge in [-0.05, 0) is 62.1 Å². The molecule has 1 heterocycles. The minimum Gasteiger partial charge on any atom is -0.496 e. The summed E-state index contributed by atoms with van der Waals surface area (Å²) in [6, 6.07) is 16.6. The minimum absolute atomic E-state index is 0.636. The van der Waals surface area contributed by atoms with E-state index in [1.54, 1.807) is 21.3 Å². The van der Waals surface area contributed by atoms with Crippen LogP contribution < -0.4 is 4.74 Å². The molecule has 0 aromatic heterocycles. The van der Waals surface area contributed by atoms with Crippen LogP contribution in [-0.4, -0.2) is 38.4 Å². The Morgan fingerprint density at radius 3 is 2.10 bits per heavy atom. The Balaban J connectivity index is 2.30. The molecule has 2 aromatic rings. The van der Waals surface area contributed by atoms with Crippen molar-refractivity contribution in [3.05, 3.63) is 76.7 Å². The van der Waals surface area contributed by atoms with Crippen molar-refractivity contribution in [2.24, 2.45) is 0 Å². The van der Waals surface area contributed by atoms with Crippen LogP contribution >= 0.6 is 0 Å². The number of nitrogens with zero attached hydrogens (tertiary/aromatic N) is 1. The summed E-state index contributed by atoms with van der Waals surface area (Å²) in [6.45, 7) is 9.24. The maximum Gasteiger partial charge on any atom is 0.200 e. The molecular weight excluding hydrogens is 362 g/mol. The second-order valence-corrected chi connectivity index (χ2v) is 7.39. The van der Waals surface area contributed by atoms with Gasteiger partial charge in [-0.3, -0.25) is 0 Å². The first kappa shape index (κ1) is 21.0. The molecule has 0 aliphatic carbocycles. The number of hydrogen-bond donors (Lipinski definition) is 0. The van der Waals surface area contributed by atoms with E-state index in [0.29, 0.717) is 0 Å². The van der Waals surface area contributed by atoms with Crippen LogP contribution in [0.5, 0.6) is 5.75 Å². The standard InChI is InChI=1S/C25H31NO3/c1-8-26-23(19-12-10-9-11-13-19)18(3)25(4,29-7)22(24(26)28-6)20-14-15-21(27-5)17(2)16-20/h9-16H,8H2,1-7H3. The van der Waals surface area contributed by atoms with Crippen LogP contribution in [0, 0.1) is 6.92 Å². The molecule has 0 fully saturated rings. The summed E-state index contributed by atoms with van der Waals surface area (Å²) in [4.78, 5) is 2.24. The molecule has 1 aliphatic heterocycles. The fraction of sp³-hybridized carbons (Fsp3) is 0.360. The zero-order valence-corrected chi connectivity index (χ0v) is 18.5. The van der Waals surface area contributed by atoms with Crippen molar-refractivity contribution in [2.75, 3.05) is 27.9 Å².